The van der Waals surface area contributed by atoms with Crippen molar-refractivity contribution in [1.82, 2.24) is 4.90 Å². The molecule has 3 heteroatoms. The molecule has 0 amide bonds. The van der Waals surface area contributed by atoms with E-state index in [-0.39, 0.29) is 6.10 Å². The van der Waals surface area contributed by atoms with Gasteiger partial charge in [0.1, 0.15) is 0 Å². The molecule has 0 fully saturated rings. The monoisotopic (exact) mass is 712 g/mol. The molecule has 0 bridgehead atoms. The predicted molar refractivity (Wildman–Crippen MR) is 234 cm³/mol. The summed E-state index contributed by atoms with van der Waals surface area (Å²) in [4.78, 5) is 2.18. The molecule has 0 rings (SSSR count). The van der Waals surface area contributed by atoms with Gasteiger partial charge in [-0.2, -0.15) is 0 Å². The molecule has 0 aromatic rings. The Morgan fingerprint density at radius 3 is 0.981 bits per heavy atom. The highest BCUT2D eigenvalue weighted by Gasteiger charge is 2.10. The van der Waals surface area contributed by atoms with Gasteiger partial charge in [0.25, 0.3) is 0 Å². The maximum absolute atomic E-state index is 6.17. The minimum absolute atomic E-state index is 0.117. The van der Waals surface area contributed by atoms with Crippen LogP contribution in [0.4, 0.5) is 0 Å². The molecule has 0 aromatic heterocycles. The molecule has 0 aromatic carbocycles. The summed E-state index contributed by atoms with van der Waals surface area (Å²) in [7, 11) is 4.19. The lowest BCUT2D eigenvalue weighted by atomic mass is 10.2. The Hall–Kier alpha value is -3.24. The lowest BCUT2D eigenvalue weighted by Crippen LogP contribution is -2.32. The van der Waals surface area contributed by atoms with Gasteiger partial charge in [0.05, 0.1) is 12.7 Å². The van der Waals surface area contributed by atoms with Gasteiger partial charge in [-0.3, -0.25) is 0 Å². The fraction of sp³-hybridized carbons (Fsp3) is 0.510. The van der Waals surface area contributed by atoms with Crippen molar-refractivity contribution in [1.29, 1.82) is 0 Å². The second-order valence-corrected chi connectivity index (χ2v) is 12.9. The van der Waals surface area contributed by atoms with Gasteiger partial charge in [0.2, 0.25) is 0 Å². The molecule has 290 valence electrons. The van der Waals surface area contributed by atoms with Crippen LogP contribution in [0.1, 0.15) is 117 Å². The fourth-order valence-corrected chi connectivity index (χ4v) is 4.81. The minimum Gasteiger partial charge on any atom is -0.379 e. The van der Waals surface area contributed by atoms with Gasteiger partial charge in [0.15, 0.2) is 0 Å². The van der Waals surface area contributed by atoms with Gasteiger partial charge in [-0.25, -0.2) is 0 Å². The van der Waals surface area contributed by atoms with E-state index in [0.717, 1.165) is 122 Å². The summed E-state index contributed by atoms with van der Waals surface area (Å²) in [5.74, 6) is 0. The summed E-state index contributed by atoms with van der Waals surface area (Å²) < 4.78 is 12.1. The topological polar surface area (TPSA) is 21.7 Å². The minimum atomic E-state index is 0.117. The van der Waals surface area contributed by atoms with E-state index in [1.165, 1.54) is 0 Å². The van der Waals surface area contributed by atoms with Crippen LogP contribution >= 0.6 is 0 Å². The van der Waals surface area contributed by atoms with Crippen LogP contribution in [0.25, 0.3) is 0 Å². The molecule has 3 nitrogen and oxygen atoms in total. The van der Waals surface area contributed by atoms with Crippen molar-refractivity contribution in [2.24, 2.45) is 0 Å². The quantitative estimate of drug-likeness (QED) is 0.0482. The van der Waals surface area contributed by atoms with E-state index in [9.17, 15) is 0 Å². The lowest BCUT2D eigenvalue weighted by molar-refractivity contribution is -0.0277. The van der Waals surface area contributed by atoms with Crippen molar-refractivity contribution in [3.63, 3.8) is 0 Å². The Balaban J connectivity index is 3.83. The number of allylic oxidation sites excluding steroid dienone is 24. The Morgan fingerprint density at radius 2 is 0.673 bits per heavy atom. The molecular weight excluding hydrogens is 635 g/mol. The van der Waals surface area contributed by atoms with Crippen LogP contribution in [0.3, 0.4) is 0 Å². The van der Waals surface area contributed by atoms with Gasteiger partial charge in [0, 0.05) is 19.8 Å². The molecule has 0 saturated carbocycles. The smallest absolute Gasteiger partial charge is 0.0934 e. The number of ether oxygens (including phenoxy) is 2. The number of rotatable bonds is 35. The average molecular weight is 712 g/mol. The van der Waals surface area contributed by atoms with Crippen LogP contribution in [0.2, 0.25) is 0 Å². The largest absolute Gasteiger partial charge is 0.379 e. The average Bonchev–Trinajstić information content (AvgIpc) is 3.14. The number of unbranched alkanes of at least 4 members (excludes halogenated alkanes) is 2. The van der Waals surface area contributed by atoms with Gasteiger partial charge < -0.3 is 14.4 Å². The Morgan fingerprint density at radius 1 is 0.385 bits per heavy atom. The van der Waals surface area contributed by atoms with Gasteiger partial charge in [-0.1, -0.05) is 160 Å². The molecule has 52 heavy (non-hydrogen) atoms. The van der Waals surface area contributed by atoms with Crippen molar-refractivity contribution < 1.29 is 9.47 Å². The van der Waals surface area contributed by atoms with Gasteiger partial charge in [-0.15, -0.1) is 0 Å². The summed E-state index contributed by atoms with van der Waals surface area (Å²) in [5, 5.41) is 0. The third-order valence-electron chi connectivity index (χ3n) is 7.59. The van der Waals surface area contributed by atoms with Crippen molar-refractivity contribution in [2.45, 2.75) is 123 Å². The predicted octanol–water partition coefficient (Wildman–Crippen LogP) is 13.9. The first-order chi connectivity index (χ1) is 25.7. The van der Waals surface area contributed by atoms with E-state index < -0.39 is 0 Å². The normalized spacial score (nSPS) is 14.2. The molecule has 0 radical (unpaired) electrons. The molecule has 0 aliphatic carbocycles. The van der Waals surface area contributed by atoms with Crippen molar-refractivity contribution >= 4 is 0 Å². The molecule has 1 unspecified atom stereocenters. The highest BCUT2D eigenvalue weighted by molar-refractivity contribution is 5.03. The van der Waals surface area contributed by atoms with Gasteiger partial charge in [-0.05, 0) is 117 Å². The third kappa shape index (κ3) is 42.9. The third-order valence-corrected chi connectivity index (χ3v) is 7.59. The molecule has 1 atom stereocenters. The van der Waals surface area contributed by atoms with Gasteiger partial charge >= 0.3 is 0 Å². The van der Waals surface area contributed by atoms with Crippen molar-refractivity contribution in [3.05, 3.63) is 146 Å². The van der Waals surface area contributed by atoms with E-state index in [1.54, 1.807) is 0 Å². The Labute approximate surface area is 322 Å². The summed E-state index contributed by atoms with van der Waals surface area (Å²) in [6.45, 7) is 7.41. The molecule has 0 aliphatic heterocycles. The summed E-state index contributed by atoms with van der Waals surface area (Å²) in [6.07, 6.45) is 70.4. The highest BCUT2D eigenvalue weighted by atomic mass is 16.5. The fourth-order valence-electron chi connectivity index (χ4n) is 4.81. The number of likely N-dealkylation sites (N-methyl/N-ethyl adjacent to an activating group) is 1. The summed E-state index contributed by atoms with van der Waals surface area (Å²) >= 11 is 0. The van der Waals surface area contributed by atoms with Crippen molar-refractivity contribution in [3.8, 4) is 0 Å². The van der Waals surface area contributed by atoms with Crippen LogP contribution in [-0.4, -0.2) is 51.5 Å². The van der Waals surface area contributed by atoms with Crippen LogP contribution in [0, 0.1) is 0 Å². The Bertz CT molecular complexity index is 1110. The molecule has 0 saturated heterocycles. The van der Waals surface area contributed by atoms with E-state index in [0.29, 0.717) is 6.61 Å². The standard InChI is InChI=1S/C49H77NO2/c1-5-7-9-11-13-15-17-19-21-23-25-27-29-31-33-35-37-39-41-43-45-51-48-49(47-50(3)4)52-46-44-42-40-38-36-34-32-30-28-26-24-22-20-18-16-14-12-10-8-6-2/h7-10,13-16,19-22,25-28,31-34,37-40,49H,5-6,11-12,17-18,23-24,29-30,35-36,41-48H2,1-4H3. The molecule has 0 aliphatic rings. The van der Waals surface area contributed by atoms with Crippen LogP contribution < -0.4 is 0 Å². The Kier molecular flexibility index (Phi) is 41.2. The summed E-state index contributed by atoms with van der Waals surface area (Å²) in [5.41, 5.74) is 0. The highest BCUT2D eigenvalue weighted by Crippen LogP contribution is 2.03. The maximum atomic E-state index is 6.17. The van der Waals surface area contributed by atoms with E-state index in [1.807, 2.05) is 0 Å². The maximum Gasteiger partial charge on any atom is 0.0934 e. The first-order valence-corrected chi connectivity index (χ1v) is 20.3. The second-order valence-electron chi connectivity index (χ2n) is 12.9. The van der Waals surface area contributed by atoms with E-state index in [2.05, 4.69) is 179 Å². The zero-order valence-electron chi connectivity index (χ0n) is 33.8. The van der Waals surface area contributed by atoms with E-state index in [4.69, 9.17) is 9.47 Å². The zero-order chi connectivity index (χ0) is 37.7. The number of hydrogen-bond acceptors (Lipinski definition) is 3. The van der Waals surface area contributed by atoms with E-state index >= 15 is 0 Å². The zero-order valence-corrected chi connectivity index (χ0v) is 33.8. The van der Waals surface area contributed by atoms with Crippen LogP contribution in [0.15, 0.2) is 146 Å². The van der Waals surface area contributed by atoms with Crippen molar-refractivity contribution in [2.75, 3.05) is 40.5 Å². The second kappa shape index (κ2) is 43.9. The summed E-state index contributed by atoms with van der Waals surface area (Å²) in [6, 6.07) is 0. The first kappa shape index (κ1) is 48.8. The SMILES string of the molecule is CCC=CCC=CCC=CCC=CCC=CCC=CCCCOCC(CN(C)C)OCCCC=CCC=CCC=CCC=CCC=CCC=CCC. The molecular formula is C49H77NO2. The van der Waals surface area contributed by atoms with Crippen LogP contribution in [0.5, 0.6) is 0 Å². The molecule has 0 heterocycles. The molecule has 0 spiro atoms. The first-order valence-electron chi connectivity index (χ1n) is 20.3. The van der Waals surface area contributed by atoms with Crippen LogP contribution in [-0.2, 0) is 9.47 Å². The number of nitrogens with zero attached hydrogens (tertiary/aromatic N) is 1. The number of hydrogen-bond donors (Lipinski definition) is 0. The lowest BCUT2D eigenvalue weighted by Gasteiger charge is -2.21. The molecule has 0 N–H and O–H groups in total.